The van der Waals surface area contributed by atoms with Gasteiger partial charge in [-0.1, -0.05) is 20.3 Å². The molecule has 0 spiro atoms. The second-order valence-corrected chi connectivity index (χ2v) is 8.30. The van der Waals surface area contributed by atoms with E-state index in [2.05, 4.69) is 15.4 Å². The van der Waals surface area contributed by atoms with Crippen molar-refractivity contribution in [2.45, 2.75) is 31.2 Å². The van der Waals surface area contributed by atoms with Gasteiger partial charge >= 0.3 is 6.03 Å². The first kappa shape index (κ1) is 23.1. The van der Waals surface area contributed by atoms with Crippen LogP contribution in [-0.2, 0) is 14.8 Å². The van der Waals surface area contributed by atoms with Gasteiger partial charge in [-0.15, -0.1) is 0 Å². The van der Waals surface area contributed by atoms with E-state index in [1.54, 1.807) is 6.92 Å². The number of hydrogen-bond donors (Lipinski definition) is 4. The summed E-state index contributed by atoms with van der Waals surface area (Å²) >= 11 is 0. The highest BCUT2D eigenvalue weighted by Crippen LogP contribution is 2.20. The molecule has 2 atom stereocenters. The maximum atomic E-state index is 13.3. The molecule has 0 aliphatic carbocycles. The molecule has 0 unspecified atom stereocenters. The van der Waals surface area contributed by atoms with Crippen LogP contribution in [0.2, 0.25) is 0 Å². The van der Waals surface area contributed by atoms with Gasteiger partial charge in [0.05, 0.1) is 4.90 Å². The van der Waals surface area contributed by atoms with Crippen molar-refractivity contribution in [1.29, 1.82) is 0 Å². The fourth-order valence-electron chi connectivity index (χ4n) is 2.55. The second kappa shape index (κ2) is 9.53. The van der Waals surface area contributed by atoms with Gasteiger partial charge < -0.3 is 16.4 Å². The molecule has 0 aliphatic heterocycles. The van der Waals surface area contributed by atoms with E-state index in [9.17, 15) is 26.8 Å². The normalized spacial score (nSPS) is 13.2. The number of benzene rings is 2. The van der Waals surface area contributed by atoms with Crippen molar-refractivity contribution in [3.05, 3.63) is 54.1 Å². The van der Waals surface area contributed by atoms with Crippen LogP contribution < -0.4 is 21.1 Å². The molecular formula is C19H22F2N4O4S. The fourth-order valence-corrected chi connectivity index (χ4v) is 3.62. The van der Waals surface area contributed by atoms with E-state index in [1.165, 1.54) is 24.3 Å². The standard InChI is InChI=1S/C19H22F2N4O4S/c1-3-11(2)17(24-19(22)27)18(26)23-12-4-6-13(7-5-12)25-30(28,29)14-8-9-15(20)16(21)10-14/h4-11,17,25H,3H2,1-2H3,(H,23,26)(H3,22,24,27)/t11-,17-/m1/s1. The smallest absolute Gasteiger partial charge is 0.312 e. The number of sulfonamides is 1. The molecule has 2 rings (SSSR count). The zero-order valence-corrected chi connectivity index (χ0v) is 17.1. The maximum absolute atomic E-state index is 13.3. The summed E-state index contributed by atoms with van der Waals surface area (Å²) in [4.78, 5) is 23.2. The van der Waals surface area contributed by atoms with Crippen molar-refractivity contribution in [3.8, 4) is 0 Å². The molecule has 3 amide bonds. The molecule has 0 fully saturated rings. The Bertz CT molecular complexity index is 1030. The third kappa shape index (κ3) is 5.89. The van der Waals surface area contributed by atoms with Gasteiger partial charge in [0.1, 0.15) is 6.04 Å². The molecule has 30 heavy (non-hydrogen) atoms. The molecule has 0 aromatic heterocycles. The van der Waals surface area contributed by atoms with E-state index in [1.807, 2.05) is 6.92 Å². The van der Waals surface area contributed by atoms with Crippen molar-refractivity contribution >= 4 is 33.3 Å². The van der Waals surface area contributed by atoms with Gasteiger partial charge in [0.15, 0.2) is 11.6 Å². The average Bonchev–Trinajstić information content (AvgIpc) is 2.68. The first-order valence-corrected chi connectivity index (χ1v) is 10.5. The molecule has 162 valence electrons. The summed E-state index contributed by atoms with van der Waals surface area (Å²) in [7, 11) is -4.14. The number of halogens is 2. The number of carbonyl (C=O) groups is 2. The summed E-state index contributed by atoms with van der Waals surface area (Å²) in [6.45, 7) is 3.65. The molecule has 8 nitrogen and oxygen atoms in total. The average molecular weight is 440 g/mol. The Labute approximate surface area is 172 Å². The van der Waals surface area contributed by atoms with Crippen LogP contribution in [0.3, 0.4) is 0 Å². The van der Waals surface area contributed by atoms with E-state index in [4.69, 9.17) is 5.73 Å². The summed E-state index contributed by atoms with van der Waals surface area (Å²) in [6, 6.07) is 6.23. The van der Waals surface area contributed by atoms with Gasteiger partial charge in [-0.2, -0.15) is 0 Å². The first-order chi connectivity index (χ1) is 14.0. The number of nitrogens with two attached hydrogens (primary N) is 1. The zero-order chi connectivity index (χ0) is 22.5. The van der Waals surface area contributed by atoms with Crippen molar-refractivity contribution in [3.63, 3.8) is 0 Å². The number of primary amides is 1. The Morgan fingerprint density at radius 2 is 1.63 bits per heavy atom. The lowest BCUT2D eigenvalue weighted by molar-refractivity contribution is -0.119. The van der Waals surface area contributed by atoms with Crippen LogP contribution in [0.25, 0.3) is 0 Å². The quantitative estimate of drug-likeness (QED) is 0.503. The Morgan fingerprint density at radius 3 is 2.17 bits per heavy atom. The highest BCUT2D eigenvalue weighted by Gasteiger charge is 2.25. The summed E-state index contributed by atoms with van der Waals surface area (Å²) in [5, 5.41) is 5.02. The number of urea groups is 1. The number of rotatable bonds is 8. The number of amides is 3. The maximum Gasteiger partial charge on any atom is 0.312 e. The Balaban J connectivity index is 2.11. The van der Waals surface area contributed by atoms with Crippen LogP contribution in [0.15, 0.2) is 47.4 Å². The van der Waals surface area contributed by atoms with Gasteiger partial charge in [-0.25, -0.2) is 22.0 Å². The summed E-state index contributed by atoms with van der Waals surface area (Å²) in [5.41, 5.74) is 5.62. The van der Waals surface area contributed by atoms with Crippen LogP contribution in [0.5, 0.6) is 0 Å². The van der Waals surface area contributed by atoms with Crippen molar-refractivity contribution in [1.82, 2.24) is 5.32 Å². The molecule has 11 heteroatoms. The van der Waals surface area contributed by atoms with Crippen molar-refractivity contribution < 1.29 is 26.8 Å². The number of nitrogens with one attached hydrogen (secondary N) is 3. The Kier molecular flexibility index (Phi) is 7.33. The van der Waals surface area contributed by atoms with Crippen LogP contribution >= 0.6 is 0 Å². The monoisotopic (exact) mass is 440 g/mol. The minimum absolute atomic E-state index is 0.145. The predicted octanol–water partition coefficient (Wildman–Crippen LogP) is 2.79. The molecular weight excluding hydrogens is 418 g/mol. The van der Waals surface area contributed by atoms with Crippen molar-refractivity contribution in [2.24, 2.45) is 11.7 Å². The molecule has 0 heterocycles. The third-order valence-electron chi connectivity index (χ3n) is 4.40. The lowest BCUT2D eigenvalue weighted by Gasteiger charge is -2.22. The summed E-state index contributed by atoms with van der Waals surface area (Å²) in [6.07, 6.45) is 0.628. The van der Waals surface area contributed by atoms with Crippen LogP contribution in [0, 0.1) is 17.6 Å². The fraction of sp³-hybridized carbons (Fsp3) is 0.263. The molecule has 0 aliphatic rings. The van der Waals surface area contributed by atoms with Gasteiger partial charge in [0.25, 0.3) is 10.0 Å². The summed E-state index contributed by atoms with van der Waals surface area (Å²) in [5.74, 6) is -3.08. The molecule has 0 saturated heterocycles. The lowest BCUT2D eigenvalue weighted by atomic mass is 9.98. The second-order valence-electron chi connectivity index (χ2n) is 6.62. The molecule has 2 aromatic carbocycles. The minimum Gasteiger partial charge on any atom is -0.352 e. The first-order valence-electron chi connectivity index (χ1n) is 8.98. The van der Waals surface area contributed by atoms with Gasteiger partial charge in [-0.3, -0.25) is 9.52 Å². The highest BCUT2D eigenvalue weighted by molar-refractivity contribution is 7.92. The van der Waals surface area contributed by atoms with E-state index in [-0.39, 0.29) is 11.6 Å². The molecule has 0 bridgehead atoms. The molecule has 5 N–H and O–H groups in total. The largest absolute Gasteiger partial charge is 0.352 e. The number of hydrogen-bond acceptors (Lipinski definition) is 4. The van der Waals surface area contributed by atoms with Gasteiger partial charge in [0, 0.05) is 11.4 Å². The topological polar surface area (TPSA) is 130 Å². The SMILES string of the molecule is CC[C@@H](C)[C@@H](NC(N)=O)C(=O)Nc1ccc(NS(=O)(=O)c2ccc(F)c(F)c2)cc1. The zero-order valence-electron chi connectivity index (χ0n) is 16.3. The van der Waals surface area contributed by atoms with E-state index >= 15 is 0 Å². The molecule has 0 radical (unpaired) electrons. The van der Waals surface area contributed by atoms with Crippen LogP contribution in [0.1, 0.15) is 20.3 Å². The van der Waals surface area contributed by atoms with Crippen LogP contribution in [0.4, 0.5) is 25.0 Å². The number of carbonyl (C=O) groups excluding carboxylic acids is 2. The molecule has 2 aromatic rings. The van der Waals surface area contributed by atoms with E-state index in [0.717, 1.165) is 12.1 Å². The Hall–Kier alpha value is -3.21. The Morgan fingerprint density at radius 1 is 1.03 bits per heavy atom. The highest BCUT2D eigenvalue weighted by atomic mass is 32.2. The van der Waals surface area contributed by atoms with Crippen molar-refractivity contribution in [2.75, 3.05) is 10.0 Å². The van der Waals surface area contributed by atoms with Gasteiger partial charge in [-0.05, 0) is 48.4 Å². The van der Waals surface area contributed by atoms with Gasteiger partial charge in [0.2, 0.25) is 5.91 Å². The number of anilines is 2. The van der Waals surface area contributed by atoms with E-state index in [0.29, 0.717) is 18.2 Å². The van der Waals surface area contributed by atoms with E-state index < -0.39 is 44.5 Å². The lowest BCUT2D eigenvalue weighted by Crippen LogP contribution is -2.49. The predicted molar refractivity (Wildman–Crippen MR) is 108 cm³/mol. The minimum atomic E-state index is -4.14. The molecule has 0 saturated carbocycles. The third-order valence-corrected chi connectivity index (χ3v) is 5.78. The summed E-state index contributed by atoms with van der Waals surface area (Å²) < 4.78 is 53.2. The van der Waals surface area contributed by atoms with Crippen LogP contribution in [-0.4, -0.2) is 26.4 Å².